The summed E-state index contributed by atoms with van der Waals surface area (Å²) < 4.78 is 0. The molecule has 0 nitrogen and oxygen atoms in total. The Labute approximate surface area is 170 Å². The van der Waals surface area contributed by atoms with Gasteiger partial charge in [0.05, 0.1) is 0 Å². The molecule has 0 heterocycles. The molecule has 4 aromatic carbocycles. The molecule has 0 aliphatic carbocycles. The Balaban J connectivity index is 0.000000158. The fourth-order valence-corrected chi connectivity index (χ4v) is 3.49. The van der Waals surface area contributed by atoms with Crippen LogP contribution in [-0.2, 0) is 20.8 Å². The summed E-state index contributed by atoms with van der Waals surface area (Å²) in [5, 5.41) is 6.96. The van der Waals surface area contributed by atoms with Crippen LogP contribution < -0.4 is 5.30 Å². The fourth-order valence-electron chi connectivity index (χ4n) is 2.70. The number of hydrogen-bond donors (Lipinski definition) is 0. The van der Waals surface area contributed by atoms with Crippen LogP contribution in [0.2, 0.25) is 0 Å². The van der Waals surface area contributed by atoms with Crippen LogP contribution in [0.15, 0.2) is 72.8 Å². The number of fused-ring (bicyclic) bond motifs is 2. The van der Waals surface area contributed by atoms with Gasteiger partial charge in [0.2, 0.25) is 0 Å². The van der Waals surface area contributed by atoms with Crippen molar-refractivity contribution in [2.45, 2.75) is 6.92 Å². The maximum atomic E-state index is 4.93. The second-order valence-electron chi connectivity index (χ2n) is 5.97. The van der Waals surface area contributed by atoms with Crippen molar-refractivity contribution in [3.8, 4) is 0 Å². The monoisotopic (exact) mass is 464 g/mol. The topological polar surface area (TPSA) is 0 Å². The van der Waals surface area contributed by atoms with Gasteiger partial charge in [0, 0.05) is 0 Å². The molecule has 0 fully saturated rings. The van der Waals surface area contributed by atoms with Crippen molar-refractivity contribution >= 4 is 51.8 Å². The summed E-state index contributed by atoms with van der Waals surface area (Å²) in [7, 11) is 9.93. The summed E-state index contributed by atoms with van der Waals surface area (Å²) in [6.45, 7) is 6.72. The van der Waals surface area contributed by atoms with Crippen LogP contribution in [-0.4, -0.2) is 13.3 Å². The summed E-state index contributed by atoms with van der Waals surface area (Å²) in [5.41, 5.74) is 1.35. The van der Waals surface area contributed by atoms with Gasteiger partial charge in [-0.1, -0.05) is 19.1 Å². The predicted octanol–water partition coefficient (Wildman–Crippen LogP) is 7.17. The molecule has 0 saturated heterocycles. The van der Waals surface area contributed by atoms with E-state index in [4.69, 9.17) is 17.0 Å². The van der Waals surface area contributed by atoms with Gasteiger partial charge in [0.15, 0.2) is 0 Å². The molecule has 4 rings (SSSR count). The molecule has 4 heteroatoms. The van der Waals surface area contributed by atoms with Crippen LogP contribution in [0.4, 0.5) is 0 Å². The van der Waals surface area contributed by atoms with Gasteiger partial charge >= 0.3 is 37.9 Å². The molecule has 0 spiro atoms. The minimum atomic E-state index is -0.826. The quantitative estimate of drug-likeness (QED) is 0.206. The minimum absolute atomic E-state index is 0.0576. The van der Waals surface area contributed by atoms with Crippen LogP contribution in [0.25, 0.3) is 21.5 Å². The number of hydrogen-bond acceptors (Lipinski definition) is 0. The van der Waals surface area contributed by atoms with Crippen molar-refractivity contribution in [3.63, 3.8) is 0 Å². The van der Waals surface area contributed by atoms with Crippen LogP contribution in [0.1, 0.15) is 5.56 Å². The van der Waals surface area contributed by atoms with Gasteiger partial charge in [0.1, 0.15) is 0 Å². The van der Waals surface area contributed by atoms with E-state index in [1.807, 2.05) is 0 Å². The van der Waals surface area contributed by atoms with Gasteiger partial charge in [-0.15, -0.1) is 88.9 Å². The Kier molecular flexibility index (Phi) is 8.88. The number of aryl methyl sites for hydroxylation is 1. The maximum absolute atomic E-state index is 4.93. The first kappa shape index (κ1) is 20.9. The van der Waals surface area contributed by atoms with E-state index in [-0.39, 0.29) is 7.92 Å². The average Bonchev–Trinajstić information content (AvgIpc) is 3.18. The summed E-state index contributed by atoms with van der Waals surface area (Å²) in [5.74, 6) is 0. The van der Waals surface area contributed by atoms with Gasteiger partial charge in [0.25, 0.3) is 0 Å². The first-order chi connectivity index (χ1) is 12.0. The van der Waals surface area contributed by atoms with Crippen molar-refractivity contribution in [1.82, 2.24) is 0 Å². The van der Waals surface area contributed by atoms with E-state index in [0.717, 1.165) is 0 Å². The molecule has 0 bridgehead atoms. The first-order valence-electron chi connectivity index (χ1n) is 7.96. The van der Waals surface area contributed by atoms with E-state index < -0.39 is 20.8 Å². The molecule has 0 aliphatic heterocycles. The predicted molar refractivity (Wildman–Crippen MR) is 114 cm³/mol. The third-order valence-electron chi connectivity index (χ3n) is 3.88. The molecular formula is C21H21Cl2PZr. The molecule has 0 saturated carbocycles. The van der Waals surface area contributed by atoms with Crippen molar-refractivity contribution in [2.75, 3.05) is 13.3 Å². The van der Waals surface area contributed by atoms with E-state index in [0.29, 0.717) is 0 Å². The standard InChI is InChI=1S/C11H12P.C10H9.2ClH.Zr/c1-12(2)11-7-9-5-3-4-6-10(9)8-11;1-8-6-9-4-2-3-5-10(9)7-8;;;/h3-8H,1-2H3;2-7H,1H3;2*1H;/q2*-1;;;+4/p-2. The summed E-state index contributed by atoms with van der Waals surface area (Å²) in [6, 6.07) is 26.0. The Morgan fingerprint density at radius 2 is 1.28 bits per heavy atom. The molecule has 4 aromatic rings. The summed E-state index contributed by atoms with van der Waals surface area (Å²) in [6.07, 6.45) is 0. The Hall–Kier alpha value is -0.447. The van der Waals surface area contributed by atoms with Gasteiger partial charge in [-0.05, 0) is 13.3 Å². The molecule has 0 aromatic heterocycles. The Bertz CT molecular complexity index is 842. The van der Waals surface area contributed by atoms with Crippen molar-refractivity contribution in [3.05, 3.63) is 78.4 Å². The Morgan fingerprint density at radius 3 is 1.76 bits per heavy atom. The van der Waals surface area contributed by atoms with E-state index >= 15 is 0 Å². The SMILES string of the molecule is CP(C)c1cc2ccccc2[cH-]1.Cc1cc2ccccc2[cH-]1.[Cl][Zr+2][Cl]. The molecule has 0 N–H and O–H groups in total. The van der Waals surface area contributed by atoms with Crippen molar-refractivity contribution in [2.24, 2.45) is 0 Å². The molecule has 0 amide bonds. The van der Waals surface area contributed by atoms with Crippen molar-refractivity contribution < 1.29 is 20.8 Å². The third kappa shape index (κ3) is 6.34. The molecule has 25 heavy (non-hydrogen) atoms. The zero-order chi connectivity index (χ0) is 18.2. The van der Waals surface area contributed by atoms with E-state index in [9.17, 15) is 0 Å². The third-order valence-corrected chi connectivity index (χ3v) is 5.17. The van der Waals surface area contributed by atoms with E-state index in [2.05, 4.69) is 93.0 Å². The molecular weight excluding hydrogens is 445 g/mol. The summed E-state index contributed by atoms with van der Waals surface area (Å²) >= 11 is -0.826. The van der Waals surface area contributed by atoms with Crippen LogP contribution in [0, 0.1) is 6.92 Å². The number of halogens is 2. The second-order valence-corrected chi connectivity index (χ2v) is 12.0. The van der Waals surface area contributed by atoms with E-state index in [1.165, 1.54) is 32.4 Å². The normalized spacial score (nSPS) is 10.0. The van der Waals surface area contributed by atoms with Gasteiger partial charge < -0.3 is 0 Å². The first-order valence-corrected chi connectivity index (χ1v) is 16.5. The van der Waals surface area contributed by atoms with Gasteiger partial charge in [-0.3, -0.25) is 0 Å². The van der Waals surface area contributed by atoms with Crippen LogP contribution in [0.3, 0.4) is 0 Å². The van der Waals surface area contributed by atoms with Gasteiger partial charge in [-0.2, -0.15) is 12.1 Å². The average molecular weight is 467 g/mol. The van der Waals surface area contributed by atoms with Crippen LogP contribution >= 0.6 is 24.9 Å². The molecule has 0 aliphatic rings. The molecule has 0 atom stereocenters. The zero-order valence-electron chi connectivity index (χ0n) is 14.6. The molecule has 0 radical (unpaired) electrons. The van der Waals surface area contributed by atoms with E-state index in [1.54, 1.807) is 0 Å². The molecule has 0 unspecified atom stereocenters. The fraction of sp³-hybridized carbons (Fsp3) is 0.143. The number of rotatable bonds is 1. The zero-order valence-corrected chi connectivity index (χ0v) is 19.5. The van der Waals surface area contributed by atoms with Crippen molar-refractivity contribution in [1.29, 1.82) is 0 Å². The second kappa shape index (κ2) is 10.6. The number of benzene rings is 2. The Morgan fingerprint density at radius 1 is 0.800 bits per heavy atom. The summed E-state index contributed by atoms with van der Waals surface area (Å²) in [4.78, 5) is 0. The molecule has 128 valence electrons. The van der Waals surface area contributed by atoms with Crippen LogP contribution in [0.5, 0.6) is 0 Å². The van der Waals surface area contributed by atoms with Gasteiger partial charge in [-0.25, -0.2) is 0 Å².